The van der Waals surface area contributed by atoms with Crippen LogP contribution in [0.4, 0.5) is 13.2 Å². The number of halogens is 4. The number of hydrogen-bond acceptors (Lipinski definition) is 3. The van der Waals surface area contributed by atoms with Crippen molar-refractivity contribution >= 4 is 28.4 Å². The molecule has 0 aliphatic carbocycles. The molecule has 0 fully saturated rings. The summed E-state index contributed by atoms with van der Waals surface area (Å²) >= 11 is 6.17. The highest BCUT2D eigenvalue weighted by atomic mass is 35.5. The Kier molecular flexibility index (Phi) is 4.11. The Labute approximate surface area is 173 Å². The van der Waals surface area contributed by atoms with Gasteiger partial charge >= 0.3 is 6.18 Å². The average molecular weight is 429 g/mol. The van der Waals surface area contributed by atoms with Crippen LogP contribution in [0.2, 0.25) is 5.02 Å². The van der Waals surface area contributed by atoms with Gasteiger partial charge in [-0.2, -0.15) is 13.2 Å². The van der Waals surface area contributed by atoms with Crippen LogP contribution in [0.3, 0.4) is 0 Å². The first kappa shape index (κ1) is 18.7. The summed E-state index contributed by atoms with van der Waals surface area (Å²) < 4.78 is 48.6. The Morgan fingerprint density at radius 2 is 1.83 bits per heavy atom. The van der Waals surface area contributed by atoms with E-state index < -0.39 is 17.6 Å². The Balaban J connectivity index is 1.77. The average Bonchev–Trinajstić information content (AvgIpc) is 3.29. The van der Waals surface area contributed by atoms with Gasteiger partial charge in [-0.15, -0.1) is 0 Å². The lowest BCUT2D eigenvalue weighted by Crippen LogP contribution is -2.11. The van der Waals surface area contributed by atoms with Gasteiger partial charge in [0.2, 0.25) is 0 Å². The summed E-state index contributed by atoms with van der Waals surface area (Å²) in [5.41, 5.74) is 0.603. The van der Waals surface area contributed by atoms with E-state index in [2.05, 4.69) is 4.98 Å². The number of carbonyl (C=O) groups excluding carboxylic acids is 1. The lowest BCUT2D eigenvalue weighted by Gasteiger charge is -2.17. The second-order valence-corrected chi connectivity index (χ2v) is 7.22. The molecule has 0 spiro atoms. The van der Waals surface area contributed by atoms with Gasteiger partial charge in [0.25, 0.3) is 5.91 Å². The van der Waals surface area contributed by atoms with Crippen molar-refractivity contribution in [3.05, 3.63) is 82.5 Å². The lowest BCUT2D eigenvalue weighted by atomic mass is 10.0. The molecule has 0 atom stereocenters. The monoisotopic (exact) mass is 428 g/mol. The van der Waals surface area contributed by atoms with Gasteiger partial charge < -0.3 is 4.74 Å². The smallest absolute Gasteiger partial charge is 0.417 e. The van der Waals surface area contributed by atoms with E-state index in [-0.39, 0.29) is 28.8 Å². The molecule has 0 amide bonds. The van der Waals surface area contributed by atoms with E-state index in [0.717, 1.165) is 6.07 Å². The van der Waals surface area contributed by atoms with Crippen LogP contribution in [-0.2, 0) is 12.8 Å². The Morgan fingerprint density at radius 1 is 1.03 bits per heavy atom. The second kappa shape index (κ2) is 6.60. The minimum atomic E-state index is -4.64. The SMILES string of the molecule is O=C1c2c(nc3cccc(C(F)(F)F)c3c2OCc2ccccc2Cl)-c2cccn21. The number of hydrogen-bond donors (Lipinski definition) is 0. The van der Waals surface area contributed by atoms with Crippen molar-refractivity contribution in [2.75, 3.05) is 0 Å². The molecule has 0 saturated heterocycles. The zero-order chi connectivity index (χ0) is 21.0. The summed E-state index contributed by atoms with van der Waals surface area (Å²) in [6.45, 7) is -0.0976. The molecule has 4 nitrogen and oxygen atoms in total. The minimum Gasteiger partial charge on any atom is -0.487 e. The van der Waals surface area contributed by atoms with Gasteiger partial charge in [-0.3, -0.25) is 9.36 Å². The maximum atomic E-state index is 13.8. The molecule has 2 aromatic heterocycles. The lowest BCUT2D eigenvalue weighted by molar-refractivity contribution is -0.136. The van der Waals surface area contributed by atoms with E-state index in [1.54, 1.807) is 42.6 Å². The molecule has 1 aliphatic rings. The highest BCUT2D eigenvalue weighted by Gasteiger charge is 2.38. The van der Waals surface area contributed by atoms with E-state index in [4.69, 9.17) is 16.3 Å². The summed E-state index contributed by atoms with van der Waals surface area (Å²) in [5.74, 6) is -0.623. The van der Waals surface area contributed by atoms with E-state index >= 15 is 0 Å². The van der Waals surface area contributed by atoms with Gasteiger partial charge in [0.15, 0.2) is 0 Å². The van der Waals surface area contributed by atoms with Crippen LogP contribution in [0, 0.1) is 0 Å². The zero-order valence-electron chi connectivity index (χ0n) is 15.2. The van der Waals surface area contributed by atoms with Crippen molar-refractivity contribution < 1.29 is 22.7 Å². The number of rotatable bonds is 3. The molecule has 0 N–H and O–H groups in total. The molecule has 0 radical (unpaired) electrons. The van der Waals surface area contributed by atoms with Crippen LogP contribution in [0.1, 0.15) is 21.5 Å². The zero-order valence-corrected chi connectivity index (χ0v) is 16.0. The third kappa shape index (κ3) is 2.77. The number of carbonyl (C=O) groups is 1. The molecule has 8 heteroatoms. The first-order chi connectivity index (χ1) is 14.4. The summed E-state index contributed by atoms with van der Waals surface area (Å²) in [6.07, 6.45) is -3.10. The standard InChI is InChI=1S/C22H12ClF3N2O2/c23-14-7-2-1-5-12(14)11-30-20-17-13(22(24,25)26)6-3-8-15(17)27-19-16-9-4-10-28(16)21(29)18(19)20/h1-10H,11H2. The van der Waals surface area contributed by atoms with Crippen molar-refractivity contribution in [2.45, 2.75) is 12.8 Å². The molecule has 1 aliphatic heterocycles. The fourth-order valence-corrected chi connectivity index (χ4v) is 3.87. The first-order valence-electron chi connectivity index (χ1n) is 8.99. The normalized spacial score (nSPS) is 12.9. The van der Waals surface area contributed by atoms with E-state index in [9.17, 15) is 18.0 Å². The van der Waals surface area contributed by atoms with Crippen LogP contribution in [0.15, 0.2) is 60.8 Å². The maximum Gasteiger partial charge on any atom is 0.417 e. The summed E-state index contributed by atoms with van der Waals surface area (Å²) in [5, 5.41) is 0.177. The van der Waals surface area contributed by atoms with E-state index in [1.807, 2.05) is 0 Å². The van der Waals surface area contributed by atoms with Crippen LogP contribution in [-0.4, -0.2) is 15.5 Å². The molecular weight excluding hydrogens is 417 g/mol. The predicted molar refractivity (Wildman–Crippen MR) is 106 cm³/mol. The van der Waals surface area contributed by atoms with Gasteiger partial charge in [-0.25, -0.2) is 4.98 Å². The predicted octanol–water partition coefficient (Wildman–Crippen LogP) is 5.96. The molecule has 30 heavy (non-hydrogen) atoms. The third-order valence-corrected chi connectivity index (χ3v) is 5.39. The van der Waals surface area contributed by atoms with E-state index in [0.29, 0.717) is 22.0 Å². The van der Waals surface area contributed by atoms with Crippen molar-refractivity contribution in [3.63, 3.8) is 0 Å². The Bertz CT molecular complexity index is 1330. The number of pyridine rings is 1. The van der Waals surface area contributed by atoms with Gasteiger partial charge in [0, 0.05) is 16.8 Å². The van der Waals surface area contributed by atoms with Crippen LogP contribution in [0.5, 0.6) is 5.75 Å². The molecular formula is C22H12ClF3N2O2. The summed E-state index contributed by atoms with van der Waals surface area (Å²) in [6, 6.07) is 13.9. The van der Waals surface area contributed by atoms with Crippen LogP contribution >= 0.6 is 11.6 Å². The van der Waals surface area contributed by atoms with E-state index in [1.165, 1.54) is 16.7 Å². The second-order valence-electron chi connectivity index (χ2n) is 6.81. The van der Waals surface area contributed by atoms with Gasteiger partial charge in [-0.05, 0) is 30.3 Å². The van der Waals surface area contributed by atoms with Crippen molar-refractivity contribution in [1.29, 1.82) is 0 Å². The largest absolute Gasteiger partial charge is 0.487 e. The number of ether oxygens (including phenoxy) is 1. The number of nitrogens with zero attached hydrogens (tertiary/aromatic N) is 2. The maximum absolute atomic E-state index is 13.8. The first-order valence-corrected chi connectivity index (χ1v) is 9.36. The van der Waals surface area contributed by atoms with Crippen molar-refractivity contribution in [2.24, 2.45) is 0 Å². The Hall–Kier alpha value is -3.32. The molecule has 0 unspecified atom stereocenters. The van der Waals surface area contributed by atoms with Crippen molar-refractivity contribution in [1.82, 2.24) is 9.55 Å². The number of aromatic nitrogens is 2. The highest BCUT2D eigenvalue weighted by molar-refractivity contribution is 6.31. The summed E-state index contributed by atoms with van der Waals surface area (Å²) in [4.78, 5) is 17.4. The quantitative estimate of drug-likeness (QED) is 0.356. The fourth-order valence-electron chi connectivity index (χ4n) is 3.68. The van der Waals surface area contributed by atoms with Crippen molar-refractivity contribution in [3.8, 4) is 17.1 Å². The molecule has 0 saturated carbocycles. The molecule has 0 bridgehead atoms. The van der Waals surface area contributed by atoms with Gasteiger partial charge in [0.05, 0.1) is 22.2 Å². The minimum absolute atomic E-state index is 0.0156. The molecule has 3 heterocycles. The van der Waals surface area contributed by atoms with Gasteiger partial charge in [-0.1, -0.05) is 35.9 Å². The fraction of sp³-hybridized carbons (Fsp3) is 0.0909. The number of alkyl halides is 3. The molecule has 2 aromatic carbocycles. The Morgan fingerprint density at radius 3 is 2.60 bits per heavy atom. The topological polar surface area (TPSA) is 44.1 Å². The number of fused-ring (bicyclic) bond motifs is 4. The number of benzene rings is 2. The highest BCUT2D eigenvalue weighted by Crippen LogP contribution is 2.45. The molecule has 150 valence electrons. The van der Waals surface area contributed by atoms with Crippen LogP contribution in [0.25, 0.3) is 22.3 Å². The molecule has 5 rings (SSSR count). The van der Waals surface area contributed by atoms with Gasteiger partial charge in [0.1, 0.15) is 23.6 Å². The third-order valence-electron chi connectivity index (χ3n) is 5.02. The summed E-state index contributed by atoms with van der Waals surface area (Å²) in [7, 11) is 0. The molecule has 4 aromatic rings. The van der Waals surface area contributed by atoms with Crippen LogP contribution < -0.4 is 4.74 Å².